The molecule has 0 atom stereocenters. The number of hydrogen-bond acceptors (Lipinski definition) is 3. The Labute approximate surface area is 153 Å². The zero-order valence-electron chi connectivity index (χ0n) is 14.9. The highest BCUT2D eigenvalue weighted by Crippen LogP contribution is 2.38. The maximum Gasteiger partial charge on any atom is 0.417 e. The van der Waals surface area contributed by atoms with E-state index in [0.29, 0.717) is 5.69 Å². The minimum atomic E-state index is -4.54. The topological polar surface area (TPSA) is 43.9 Å². The van der Waals surface area contributed by atoms with Gasteiger partial charge in [0.15, 0.2) is 11.4 Å². The molecule has 4 nitrogen and oxygen atoms in total. The van der Waals surface area contributed by atoms with Gasteiger partial charge in [-0.1, -0.05) is 6.07 Å². The van der Waals surface area contributed by atoms with E-state index in [2.05, 4.69) is 10.1 Å². The summed E-state index contributed by atoms with van der Waals surface area (Å²) >= 11 is 0. The molecule has 0 fully saturated rings. The van der Waals surface area contributed by atoms with Crippen LogP contribution in [0, 0.1) is 20.8 Å². The number of pyridine rings is 1. The van der Waals surface area contributed by atoms with Crippen LogP contribution in [0.2, 0.25) is 0 Å². The number of rotatable bonds is 2. The van der Waals surface area contributed by atoms with E-state index in [9.17, 15) is 13.2 Å². The molecule has 3 heterocycles. The lowest BCUT2D eigenvalue weighted by Gasteiger charge is -2.11. The summed E-state index contributed by atoms with van der Waals surface area (Å²) in [7, 11) is 0. The fraction of sp³-hybridized carbons (Fsp3) is 0.200. The molecule has 0 saturated heterocycles. The van der Waals surface area contributed by atoms with Crippen LogP contribution in [0.5, 0.6) is 0 Å². The van der Waals surface area contributed by atoms with Gasteiger partial charge in [0.1, 0.15) is 5.69 Å². The van der Waals surface area contributed by atoms with Crippen molar-refractivity contribution in [1.82, 2.24) is 14.8 Å². The number of hydrogen-bond donors (Lipinski definition) is 0. The smallest absolute Gasteiger partial charge is 0.417 e. The lowest BCUT2D eigenvalue weighted by molar-refractivity contribution is -0.136. The molecule has 0 radical (unpaired) electrons. The minimum absolute atomic E-state index is 0.00367. The fourth-order valence-corrected chi connectivity index (χ4v) is 3.10. The van der Waals surface area contributed by atoms with Crippen molar-refractivity contribution in [3.8, 4) is 17.1 Å². The second kappa shape index (κ2) is 5.97. The number of alkyl halides is 3. The lowest BCUT2D eigenvalue weighted by Crippen LogP contribution is -2.08. The highest BCUT2D eigenvalue weighted by molar-refractivity contribution is 5.86. The summed E-state index contributed by atoms with van der Waals surface area (Å²) in [5.74, 6) is 0.271. The first-order valence-corrected chi connectivity index (χ1v) is 8.35. The van der Waals surface area contributed by atoms with Gasteiger partial charge in [0.05, 0.1) is 28.6 Å². The Balaban J connectivity index is 2.07. The Morgan fingerprint density at radius 1 is 1.00 bits per heavy atom. The molecule has 7 heteroatoms. The molecule has 0 aliphatic carbocycles. The summed E-state index contributed by atoms with van der Waals surface area (Å²) in [6.07, 6.45) is -3.13. The van der Waals surface area contributed by atoms with Crippen molar-refractivity contribution < 1.29 is 17.6 Å². The standard InChI is InChI=1S/C20H16F3N3O/c1-11-6-7-14(9-12(11)2)26-19-18(13(3)25-26)15(20(21,22)23)10-16(24-19)17-5-4-8-27-17/h4-10H,1-3H3. The van der Waals surface area contributed by atoms with E-state index in [-0.39, 0.29) is 28.2 Å². The minimum Gasteiger partial charge on any atom is -0.463 e. The van der Waals surface area contributed by atoms with Crippen LogP contribution in [0.15, 0.2) is 47.1 Å². The summed E-state index contributed by atoms with van der Waals surface area (Å²) in [4.78, 5) is 4.45. The van der Waals surface area contributed by atoms with E-state index >= 15 is 0 Å². The van der Waals surface area contributed by atoms with Gasteiger partial charge in [-0.05, 0) is 62.2 Å². The fourth-order valence-electron chi connectivity index (χ4n) is 3.10. The van der Waals surface area contributed by atoms with Gasteiger partial charge in [0, 0.05) is 0 Å². The van der Waals surface area contributed by atoms with Crippen LogP contribution >= 0.6 is 0 Å². The van der Waals surface area contributed by atoms with Gasteiger partial charge in [-0.25, -0.2) is 9.67 Å². The number of aryl methyl sites for hydroxylation is 3. The zero-order valence-corrected chi connectivity index (χ0v) is 14.9. The molecule has 0 N–H and O–H groups in total. The second-order valence-corrected chi connectivity index (χ2v) is 6.49. The number of fused-ring (bicyclic) bond motifs is 1. The maximum absolute atomic E-state index is 13.8. The molecule has 0 amide bonds. The third-order valence-corrected chi connectivity index (χ3v) is 4.63. The van der Waals surface area contributed by atoms with E-state index in [1.807, 2.05) is 32.0 Å². The predicted molar refractivity (Wildman–Crippen MR) is 95.8 cm³/mol. The Bertz CT molecular complexity index is 1140. The highest BCUT2D eigenvalue weighted by atomic mass is 19.4. The molecule has 138 valence electrons. The summed E-state index contributed by atoms with van der Waals surface area (Å²) in [5, 5.41) is 4.35. The third-order valence-electron chi connectivity index (χ3n) is 4.63. The Kier molecular flexibility index (Phi) is 3.83. The van der Waals surface area contributed by atoms with Crippen LogP contribution < -0.4 is 0 Å². The average molecular weight is 371 g/mol. The largest absolute Gasteiger partial charge is 0.463 e. The molecule has 3 aromatic heterocycles. The molecular formula is C20H16F3N3O. The molecule has 0 aliphatic heterocycles. The molecule has 4 rings (SSSR count). The van der Waals surface area contributed by atoms with Crippen molar-refractivity contribution in [2.24, 2.45) is 0 Å². The molecule has 0 aliphatic rings. The molecule has 1 aromatic carbocycles. The molecule has 0 bridgehead atoms. The van der Waals surface area contributed by atoms with Gasteiger partial charge in [0.25, 0.3) is 0 Å². The molecule has 0 spiro atoms. The maximum atomic E-state index is 13.8. The molecule has 0 unspecified atom stereocenters. The van der Waals surface area contributed by atoms with Crippen molar-refractivity contribution >= 4 is 11.0 Å². The first-order chi connectivity index (χ1) is 12.8. The molecular weight excluding hydrogens is 355 g/mol. The molecule has 4 aromatic rings. The first kappa shape index (κ1) is 17.3. The summed E-state index contributed by atoms with van der Waals surface area (Å²) < 4.78 is 48.0. The normalized spacial score (nSPS) is 12.1. The predicted octanol–water partition coefficient (Wildman–Crippen LogP) is 5.62. The quantitative estimate of drug-likeness (QED) is 0.459. The van der Waals surface area contributed by atoms with Crippen molar-refractivity contribution in [1.29, 1.82) is 0 Å². The van der Waals surface area contributed by atoms with E-state index in [0.717, 1.165) is 17.2 Å². The van der Waals surface area contributed by atoms with Gasteiger partial charge < -0.3 is 4.42 Å². The molecule has 0 saturated carbocycles. The first-order valence-electron chi connectivity index (χ1n) is 8.35. The Morgan fingerprint density at radius 3 is 2.41 bits per heavy atom. The Hall–Kier alpha value is -3.09. The zero-order chi connectivity index (χ0) is 19.3. The summed E-state index contributed by atoms with van der Waals surface area (Å²) in [5.41, 5.74) is 2.54. The van der Waals surface area contributed by atoms with Crippen molar-refractivity contribution in [3.05, 3.63) is 65.0 Å². The van der Waals surface area contributed by atoms with Crippen LogP contribution in [0.1, 0.15) is 22.4 Å². The van der Waals surface area contributed by atoms with Gasteiger partial charge in [-0.2, -0.15) is 18.3 Å². The van der Waals surface area contributed by atoms with Crippen molar-refractivity contribution in [2.45, 2.75) is 26.9 Å². The summed E-state index contributed by atoms with van der Waals surface area (Å²) in [6, 6.07) is 9.83. The number of halogens is 3. The van der Waals surface area contributed by atoms with Gasteiger partial charge in [-0.3, -0.25) is 0 Å². The lowest BCUT2D eigenvalue weighted by atomic mass is 10.1. The van der Waals surface area contributed by atoms with Crippen molar-refractivity contribution in [3.63, 3.8) is 0 Å². The van der Waals surface area contributed by atoms with Crippen molar-refractivity contribution in [2.75, 3.05) is 0 Å². The number of furan rings is 1. The SMILES string of the molecule is Cc1ccc(-n2nc(C)c3c(C(F)(F)F)cc(-c4ccco4)nc32)cc1C. The van der Waals surface area contributed by atoms with Crippen LogP contribution in [0.3, 0.4) is 0 Å². The van der Waals surface area contributed by atoms with Crippen LogP contribution in [-0.2, 0) is 6.18 Å². The van der Waals surface area contributed by atoms with Gasteiger partial charge in [-0.15, -0.1) is 0 Å². The monoisotopic (exact) mass is 371 g/mol. The molecule has 27 heavy (non-hydrogen) atoms. The van der Waals surface area contributed by atoms with Crippen LogP contribution in [0.25, 0.3) is 28.2 Å². The van der Waals surface area contributed by atoms with Gasteiger partial charge in [0.2, 0.25) is 0 Å². The number of aromatic nitrogens is 3. The van der Waals surface area contributed by atoms with Crippen LogP contribution in [0.4, 0.5) is 13.2 Å². The average Bonchev–Trinajstić information content (AvgIpc) is 3.24. The summed E-state index contributed by atoms with van der Waals surface area (Å²) in [6.45, 7) is 5.48. The Morgan fingerprint density at radius 2 is 1.78 bits per heavy atom. The number of nitrogens with zero attached hydrogens (tertiary/aromatic N) is 3. The van der Waals surface area contributed by atoms with E-state index in [1.54, 1.807) is 19.1 Å². The van der Waals surface area contributed by atoms with Gasteiger partial charge >= 0.3 is 6.18 Å². The second-order valence-electron chi connectivity index (χ2n) is 6.49. The van der Waals surface area contributed by atoms with E-state index < -0.39 is 11.7 Å². The van der Waals surface area contributed by atoms with Crippen LogP contribution in [-0.4, -0.2) is 14.8 Å². The highest BCUT2D eigenvalue weighted by Gasteiger charge is 2.36. The van der Waals surface area contributed by atoms with E-state index in [4.69, 9.17) is 4.42 Å². The van der Waals surface area contributed by atoms with E-state index in [1.165, 1.54) is 10.9 Å². The number of benzene rings is 1. The third kappa shape index (κ3) is 2.89.